The van der Waals surface area contributed by atoms with Crippen LogP contribution in [0.15, 0.2) is 48.5 Å². The number of ether oxygens (including phenoxy) is 2. The third kappa shape index (κ3) is 13.8. The number of hydrogen-bond donors (Lipinski definition) is 3. The lowest BCUT2D eigenvalue weighted by atomic mass is 10.2. The molecule has 15 heteroatoms. The van der Waals surface area contributed by atoms with Crippen molar-refractivity contribution < 1.29 is 33.3 Å². The number of benzene rings is 2. The molecule has 248 valence electrons. The van der Waals surface area contributed by atoms with Gasteiger partial charge in [0.2, 0.25) is 5.82 Å². The maximum atomic E-state index is 12.4. The number of alkyl carbamates (subject to hydrolysis) is 2. The zero-order chi connectivity index (χ0) is 33.8. The van der Waals surface area contributed by atoms with Crippen LogP contribution in [0, 0.1) is 26.0 Å². The molecule has 0 unspecified atom stereocenters. The van der Waals surface area contributed by atoms with Crippen LogP contribution in [0.25, 0.3) is 0 Å². The van der Waals surface area contributed by atoms with Gasteiger partial charge in [0.05, 0.1) is 15.9 Å². The Bertz CT molecular complexity index is 1310. The number of nitro groups is 2. The molecule has 2 aliphatic heterocycles. The maximum Gasteiger partial charge on any atom is 0.407 e. The molecule has 2 atom stereocenters. The molecule has 0 aliphatic carbocycles. The van der Waals surface area contributed by atoms with Crippen LogP contribution in [-0.4, -0.2) is 71.5 Å². The third-order valence-corrected chi connectivity index (χ3v) is 6.16. The molecule has 2 saturated heterocycles. The van der Waals surface area contributed by atoms with Crippen molar-refractivity contribution in [3.8, 4) is 0 Å². The van der Waals surface area contributed by atoms with Crippen LogP contribution < -0.4 is 20.9 Å². The molecule has 0 bridgehead atoms. The van der Waals surface area contributed by atoms with Crippen molar-refractivity contribution in [3.63, 3.8) is 0 Å². The lowest BCUT2D eigenvalue weighted by Crippen LogP contribution is -2.40. The number of nitrogens with zero attached hydrogens (tertiary/aromatic N) is 3. The number of hydrogen-bond acceptors (Lipinski definition) is 10. The summed E-state index contributed by atoms with van der Waals surface area (Å²) < 4.78 is 22.7. The maximum absolute atomic E-state index is 12.4. The summed E-state index contributed by atoms with van der Waals surface area (Å²) in [6, 6.07) is 11.8. The second kappa shape index (κ2) is 16.5. The third-order valence-electron chi connectivity index (χ3n) is 6.16. The molecule has 2 fully saturated rings. The van der Waals surface area contributed by atoms with E-state index >= 15 is 0 Å². The Morgan fingerprint density at radius 1 is 0.844 bits per heavy atom. The number of anilines is 1. The lowest BCUT2D eigenvalue weighted by Gasteiger charge is -2.22. The Morgan fingerprint density at radius 3 is 1.82 bits per heavy atom. The molecule has 2 amide bonds. The van der Waals surface area contributed by atoms with Gasteiger partial charge in [-0.3, -0.25) is 20.2 Å². The summed E-state index contributed by atoms with van der Waals surface area (Å²) in [5, 5.41) is 29.9. The van der Waals surface area contributed by atoms with Gasteiger partial charge in [-0.25, -0.2) is 9.59 Å². The van der Waals surface area contributed by atoms with Gasteiger partial charge in [0.15, 0.2) is 0 Å². The molecular formula is C30H43FN6O8. The topological polar surface area (TPSA) is 178 Å². The van der Waals surface area contributed by atoms with Gasteiger partial charge < -0.3 is 30.3 Å². The van der Waals surface area contributed by atoms with Crippen LogP contribution in [0.1, 0.15) is 54.4 Å². The summed E-state index contributed by atoms with van der Waals surface area (Å²) in [7, 11) is 0. The van der Waals surface area contributed by atoms with Gasteiger partial charge in [0, 0.05) is 37.8 Å². The molecule has 14 nitrogen and oxygen atoms in total. The van der Waals surface area contributed by atoms with Crippen LogP contribution in [-0.2, 0) is 9.47 Å². The van der Waals surface area contributed by atoms with Crippen molar-refractivity contribution >= 4 is 29.2 Å². The number of carbonyl (C=O) groups excluding carboxylic acids is 2. The molecule has 4 rings (SSSR count). The van der Waals surface area contributed by atoms with E-state index < -0.39 is 33.7 Å². The van der Waals surface area contributed by atoms with Crippen LogP contribution in [0.4, 0.5) is 31.0 Å². The molecule has 45 heavy (non-hydrogen) atoms. The first-order chi connectivity index (χ1) is 20.9. The quantitative estimate of drug-likeness (QED) is 0.289. The molecular weight excluding hydrogens is 591 g/mol. The van der Waals surface area contributed by atoms with Crippen LogP contribution in [0.3, 0.4) is 0 Å². The molecule has 0 saturated carbocycles. The number of halogens is 1. The number of carbonyl (C=O) groups is 2. The zero-order valence-electron chi connectivity index (χ0n) is 26.5. The fourth-order valence-corrected chi connectivity index (χ4v) is 4.31. The van der Waals surface area contributed by atoms with Gasteiger partial charge in [-0.15, -0.1) is 0 Å². The zero-order valence-corrected chi connectivity index (χ0v) is 26.5. The van der Waals surface area contributed by atoms with Crippen molar-refractivity contribution in [3.05, 3.63) is 74.6 Å². The first-order valence-electron chi connectivity index (χ1n) is 14.5. The van der Waals surface area contributed by atoms with E-state index in [9.17, 15) is 34.2 Å². The first kappa shape index (κ1) is 36.7. The molecule has 3 N–H and O–H groups in total. The van der Waals surface area contributed by atoms with E-state index in [-0.39, 0.29) is 28.8 Å². The summed E-state index contributed by atoms with van der Waals surface area (Å²) in [6.45, 7) is 14.0. The van der Waals surface area contributed by atoms with Crippen molar-refractivity contribution in [1.82, 2.24) is 16.0 Å². The van der Waals surface area contributed by atoms with Crippen LogP contribution in [0.5, 0.6) is 0 Å². The highest BCUT2D eigenvalue weighted by Crippen LogP contribution is 2.30. The number of amides is 2. The van der Waals surface area contributed by atoms with E-state index in [1.54, 1.807) is 39.0 Å². The minimum Gasteiger partial charge on any atom is -0.444 e. The van der Waals surface area contributed by atoms with Gasteiger partial charge in [0.25, 0.3) is 5.69 Å². The van der Waals surface area contributed by atoms with E-state index in [2.05, 4.69) is 16.0 Å². The van der Waals surface area contributed by atoms with E-state index in [0.29, 0.717) is 18.8 Å². The molecule has 2 aliphatic rings. The molecule has 0 aromatic heterocycles. The predicted octanol–water partition coefficient (Wildman–Crippen LogP) is 5.31. The highest BCUT2D eigenvalue weighted by molar-refractivity contribution is 5.69. The van der Waals surface area contributed by atoms with Crippen molar-refractivity contribution in [1.29, 1.82) is 0 Å². The molecule has 2 aromatic rings. The molecule has 0 spiro atoms. The summed E-state index contributed by atoms with van der Waals surface area (Å²) in [6.07, 6.45) is 0.938. The van der Waals surface area contributed by atoms with E-state index in [4.69, 9.17) is 9.47 Å². The highest BCUT2D eigenvalue weighted by atomic mass is 19.1. The second-order valence-electron chi connectivity index (χ2n) is 12.4. The number of nitro benzene ring substituents is 2. The molecule has 0 radical (unpaired) electrons. The minimum absolute atomic E-state index is 0.0744. The van der Waals surface area contributed by atoms with Crippen molar-refractivity contribution in [2.75, 3.05) is 31.1 Å². The predicted molar refractivity (Wildman–Crippen MR) is 167 cm³/mol. The van der Waals surface area contributed by atoms with Crippen LogP contribution >= 0.6 is 0 Å². The molecule has 2 aromatic carbocycles. The smallest absolute Gasteiger partial charge is 0.407 e. The Morgan fingerprint density at radius 2 is 1.36 bits per heavy atom. The minimum atomic E-state index is -0.799. The van der Waals surface area contributed by atoms with Gasteiger partial charge in [0.1, 0.15) is 16.9 Å². The van der Waals surface area contributed by atoms with E-state index in [1.807, 2.05) is 25.7 Å². The fraction of sp³-hybridized carbons (Fsp3) is 0.533. The van der Waals surface area contributed by atoms with Gasteiger partial charge >= 0.3 is 17.9 Å². The molecule has 2 heterocycles. The summed E-state index contributed by atoms with van der Waals surface area (Å²) >= 11 is 0. The average Bonchev–Trinajstić information content (AvgIpc) is 3.59. The summed E-state index contributed by atoms with van der Waals surface area (Å²) in [4.78, 5) is 44.9. The van der Waals surface area contributed by atoms with Crippen molar-refractivity contribution in [2.24, 2.45) is 0 Å². The average molecular weight is 635 g/mol. The standard InChI is InChI=1S/C15H21N3O4.C9H18N2O2.C6H4FNO2/c1-15(2,3)22-14(19)16-11-8-9-17(10-11)12-6-4-5-7-13(12)18(20)21;1-9(2,3)13-8(12)11-7-4-5-10-6-7;7-5-3-1-2-4-6(5)8(9)10/h4-7,11H,8-10H2,1-3H3,(H,16,19);7,10H,4-6H2,1-3H3,(H,11,12);1-4H/t11-;7-;/m00./s1. The number of nitrogens with one attached hydrogen (secondary N) is 3. The van der Waals surface area contributed by atoms with E-state index in [1.165, 1.54) is 18.2 Å². The normalized spacial score (nSPS) is 17.5. The first-order valence-corrected chi connectivity index (χ1v) is 14.5. The van der Waals surface area contributed by atoms with Crippen molar-refractivity contribution in [2.45, 2.75) is 77.7 Å². The Balaban J connectivity index is 0.000000259. The second-order valence-corrected chi connectivity index (χ2v) is 12.4. The number of para-hydroxylation sites is 3. The van der Waals surface area contributed by atoms with E-state index in [0.717, 1.165) is 38.1 Å². The Kier molecular flexibility index (Phi) is 13.5. The Hall–Kier alpha value is -4.53. The van der Waals surface area contributed by atoms with Gasteiger partial charge in [-0.1, -0.05) is 24.3 Å². The number of rotatable bonds is 5. The SMILES string of the molecule is CC(C)(C)OC(=O)N[C@H]1CCN(c2ccccc2[N+](=O)[O-])C1.CC(C)(C)OC(=O)N[C@H]1CCNC1.O=[N+]([O-])c1ccccc1F. The van der Waals surface area contributed by atoms with Crippen LogP contribution in [0.2, 0.25) is 0 Å². The highest BCUT2D eigenvalue weighted by Gasteiger charge is 2.29. The monoisotopic (exact) mass is 634 g/mol. The summed E-state index contributed by atoms with van der Waals surface area (Å²) in [5.41, 5.74) is -0.764. The summed E-state index contributed by atoms with van der Waals surface area (Å²) in [5.74, 6) is -0.799. The lowest BCUT2D eigenvalue weighted by molar-refractivity contribution is -0.387. The Labute approximate surface area is 261 Å². The largest absolute Gasteiger partial charge is 0.444 e. The van der Waals surface area contributed by atoms with Gasteiger partial charge in [-0.2, -0.15) is 4.39 Å². The fourth-order valence-electron chi connectivity index (χ4n) is 4.31. The van der Waals surface area contributed by atoms with Gasteiger partial charge in [-0.05, 0) is 73.1 Å².